The van der Waals surface area contributed by atoms with Crippen LogP contribution in [0.5, 0.6) is 0 Å². The Morgan fingerprint density at radius 3 is 2.52 bits per heavy atom. The van der Waals surface area contributed by atoms with Gasteiger partial charge in [0.05, 0.1) is 17.8 Å². The Labute approximate surface area is 169 Å². The van der Waals surface area contributed by atoms with Crippen LogP contribution in [0.2, 0.25) is 0 Å². The first-order valence-corrected chi connectivity index (χ1v) is 9.82. The van der Waals surface area contributed by atoms with Crippen LogP contribution < -0.4 is 15.5 Å². The molecule has 0 unspecified atom stereocenters. The average Bonchev–Trinajstić information content (AvgIpc) is 2.74. The smallest absolute Gasteiger partial charge is 0.252 e. The number of anilines is 2. The van der Waals surface area contributed by atoms with Crippen molar-refractivity contribution in [3.63, 3.8) is 0 Å². The molecule has 0 atom stereocenters. The number of hydrogen-bond donors (Lipinski definition) is 2. The molecule has 2 N–H and O–H groups in total. The van der Waals surface area contributed by atoms with Crippen molar-refractivity contribution in [2.24, 2.45) is 0 Å². The molecule has 2 amide bonds. The lowest BCUT2D eigenvalue weighted by atomic mass is 10.2. The van der Waals surface area contributed by atoms with Crippen LogP contribution >= 0.6 is 0 Å². The van der Waals surface area contributed by atoms with Gasteiger partial charge >= 0.3 is 0 Å². The van der Waals surface area contributed by atoms with E-state index in [0.29, 0.717) is 25.2 Å². The van der Waals surface area contributed by atoms with E-state index < -0.39 is 5.82 Å². The van der Waals surface area contributed by atoms with Crippen molar-refractivity contribution < 1.29 is 14.0 Å². The number of aromatic nitrogens is 1. The minimum absolute atomic E-state index is 0.114. The van der Waals surface area contributed by atoms with Crippen molar-refractivity contribution in [3.8, 4) is 0 Å². The van der Waals surface area contributed by atoms with E-state index in [1.807, 2.05) is 17.9 Å². The number of nitrogens with one attached hydrogen (secondary N) is 2. The van der Waals surface area contributed by atoms with Crippen LogP contribution in [0.3, 0.4) is 0 Å². The van der Waals surface area contributed by atoms with Crippen molar-refractivity contribution in [1.29, 1.82) is 0 Å². The summed E-state index contributed by atoms with van der Waals surface area (Å²) >= 11 is 0. The monoisotopic (exact) mass is 399 g/mol. The lowest BCUT2D eigenvalue weighted by molar-refractivity contribution is -0.117. The number of rotatable bonds is 7. The van der Waals surface area contributed by atoms with Crippen molar-refractivity contribution in [2.45, 2.75) is 13.3 Å². The number of pyridine rings is 1. The number of carbonyl (C=O) groups is 2. The summed E-state index contributed by atoms with van der Waals surface area (Å²) in [6, 6.07) is 9.76. The second-order valence-electron chi connectivity index (χ2n) is 6.95. The molecule has 1 aromatic carbocycles. The van der Waals surface area contributed by atoms with E-state index in [4.69, 9.17) is 0 Å². The lowest BCUT2D eigenvalue weighted by Gasteiger charge is -2.35. The van der Waals surface area contributed by atoms with Gasteiger partial charge in [0.2, 0.25) is 5.91 Å². The molecule has 2 aromatic rings. The highest BCUT2D eigenvalue weighted by Crippen LogP contribution is 2.15. The van der Waals surface area contributed by atoms with Gasteiger partial charge in [0.15, 0.2) is 0 Å². The molecular weight excluding hydrogens is 373 g/mol. The van der Waals surface area contributed by atoms with E-state index in [-0.39, 0.29) is 24.0 Å². The number of benzene rings is 1. The molecule has 3 rings (SSSR count). The van der Waals surface area contributed by atoms with E-state index in [1.54, 1.807) is 30.5 Å². The molecule has 7 nitrogen and oxygen atoms in total. The van der Waals surface area contributed by atoms with E-state index in [1.165, 1.54) is 6.07 Å². The summed E-state index contributed by atoms with van der Waals surface area (Å²) in [6.07, 6.45) is 2.48. The molecule has 0 bridgehead atoms. The molecule has 1 aliphatic rings. The Morgan fingerprint density at radius 2 is 1.86 bits per heavy atom. The molecule has 0 saturated carbocycles. The molecule has 1 saturated heterocycles. The summed E-state index contributed by atoms with van der Waals surface area (Å²) in [5, 5.41) is 5.44. The second kappa shape index (κ2) is 9.97. The van der Waals surface area contributed by atoms with E-state index in [9.17, 15) is 14.0 Å². The van der Waals surface area contributed by atoms with Crippen LogP contribution in [0.4, 0.5) is 15.9 Å². The van der Waals surface area contributed by atoms with Gasteiger partial charge < -0.3 is 15.5 Å². The summed E-state index contributed by atoms with van der Waals surface area (Å²) < 4.78 is 13.6. The first-order chi connectivity index (χ1) is 14.1. The standard InChI is InChI=1S/C21H26FN5O2/c1-2-9-23-21(29)16-7-8-19(24-14-16)27-12-10-26(11-13-27)15-20(28)25-18-6-4-3-5-17(18)22/h3-8,14H,2,9-13,15H2,1H3,(H,23,29)(H,25,28). The van der Waals surface area contributed by atoms with Crippen LogP contribution in [0.15, 0.2) is 42.6 Å². The van der Waals surface area contributed by atoms with E-state index >= 15 is 0 Å². The van der Waals surface area contributed by atoms with Crippen LogP contribution in [-0.4, -0.2) is 61.0 Å². The maximum atomic E-state index is 13.6. The molecular formula is C21H26FN5O2. The summed E-state index contributed by atoms with van der Waals surface area (Å²) in [5.41, 5.74) is 0.744. The number of para-hydroxylation sites is 1. The lowest BCUT2D eigenvalue weighted by Crippen LogP contribution is -2.49. The third kappa shape index (κ3) is 5.74. The SMILES string of the molecule is CCCNC(=O)c1ccc(N2CCN(CC(=O)Nc3ccccc3F)CC2)nc1. The normalized spacial score (nSPS) is 14.5. The van der Waals surface area contributed by atoms with Crippen LogP contribution in [0.1, 0.15) is 23.7 Å². The molecule has 1 fully saturated rings. The molecule has 0 spiro atoms. The quantitative estimate of drug-likeness (QED) is 0.746. The van der Waals surface area contributed by atoms with Gasteiger partial charge in [-0.05, 0) is 30.7 Å². The fourth-order valence-electron chi connectivity index (χ4n) is 3.14. The molecule has 1 aliphatic heterocycles. The van der Waals surface area contributed by atoms with Crippen LogP contribution in [0.25, 0.3) is 0 Å². The van der Waals surface area contributed by atoms with Gasteiger partial charge in [-0.15, -0.1) is 0 Å². The van der Waals surface area contributed by atoms with Crippen molar-refractivity contribution in [1.82, 2.24) is 15.2 Å². The van der Waals surface area contributed by atoms with Crippen LogP contribution in [-0.2, 0) is 4.79 Å². The van der Waals surface area contributed by atoms with E-state index in [0.717, 1.165) is 25.3 Å². The number of halogens is 1. The number of piperazine rings is 1. The maximum Gasteiger partial charge on any atom is 0.252 e. The highest BCUT2D eigenvalue weighted by atomic mass is 19.1. The summed E-state index contributed by atoms with van der Waals surface area (Å²) in [6.45, 7) is 5.71. The third-order valence-electron chi connectivity index (χ3n) is 4.76. The Bertz CT molecular complexity index is 835. The van der Waals surface area contributed by atoms with Gasteiger partial charge in [0, 0.05) is 38.9 Å². The molecule has 29 heavy (non-hydrogen) atoms. The summed E-state index contributed by atoms with van der Waals surface area (Å²) in [5.74, 6) is 0.0248. The van der Waals surface area contributed by atoms with Crippen molar-refractivity contribution >= 4 is 23.3 Å². The van der Waals surface area contributed by atoms with Gasteiger partial charge in [-0.1, -0.05) is 19.1 Å². The molecule has 0 radical (unpaired) electrons. The van der Waals surface area contributed by atoms with E-state index in [2.05, 4.69) is 20.5 Å². The number of hydrogen-bond acceptors (Lipinski definition) is 5. The largest absolute Gasteiger partial charge is 0.354 e. The number of carbonyl (C=O) groups excluding carboxylic acids is 2. The second-order valence-corrected chi connectivity index (χ2v) is 6.95. The zero-order valence-corrected chi connectivity index (χ0v) is 16.5. The van der Waals surface area contributed by atoms with Crippen molar-refractivity contribution in [2.75, 3.05) is 49.5 Å². The van der Waals surface area contributed by atoms with Crippen molar-refractivity contribution in [3.05, 3.63) is 54.0 Å². The molecule has 154 valence electrons. The Hall–Kier alpha value is -3.00. The highest BCUT2D eigenvalue weighted by molar-refractivity contribution is 5.94. The first kappa shape index (κ1) is 20.7. The Balaban J connectivity index is 1.47. The summed E-state index contributed by atoms with van der Waals surface area (Å²) in [7, 11) is 0. The average molecular weight is 399 g/mol. The number of amides is 2. The molecule has 0 aliphatic carbocycles. The highest BCUT2D eigenvalue weighted by Gasteiger charge is 2.20. The topological polar surface area (TPSA) is 77.6 Å². The van der Waals surface area contributed by atoms with Gasteiger partial charge in [-0.2, -0.15) is 0 Å². The molecule has 8 heteroatoms. The number of nitrogens with zero attached hydrogens (tertiary/aromatic N) is 3. The zero-order valence-electron chi connectivity index (χ0n) is 16.5. The third-order valence-corrected chi connectivity index (χ3v) is 4.76. The fourth-order valence-corrected chi connectivity index (χ4v) is 3.14. The minimum atomic E-state index is -0.441. The van der Waals surface area contributed by atoms with Gasteiger partial charge in [0.25, 0.3) is 5.91 Å². The first-order valence-electron chi connectivity index (χ1n) is 9.82. The van der Waals surface area contributed by atoms with Crippen LogP contribution in [0, 0.1) is 5.82 Å². The predicted molar refractivity (Wildman–Crippen MR) is 111 cm³/mol. The predicted octanol–water partition coefficient (Wildman–Crippen LogP) is 2.12. The fraction of sp³-hybridized carbons (Fsp3) is 0.381. The minimum Gasteiger partial charge on any atom is -0.354 e. The molecule has 1 aromatic heterocycles. The Morgan fingerprint density at radius 1 is 1.10 bits per heavy atom. The van der Waals surface area contributed by atoms with Gasteiger partial charge in [-0.25, -0.2) is 9.37 Å². The maximum absolute atomic E-state index is 13.6. The Kier molecular flexibility index (Phi) is 7.13. The molecule has 2 heterocycles. The zero-order chi connectivity index (χ0) is 20.6. The van der Waals surface area contributed by atoms with Gasteiger partial charge in [0.1, 0.15) is 11.6 Å². The van der Waals surface area contributed by atoms with Gasteiger partial charge in [-0.3, -0.25) is 14.5 Å². The summed E-state index contributed by atoms with van der Waals surface area (Å²) in [4.78, 5) is 32.7.